The van der Waals surface area contributed by atoms with Crippen molar-refractivity contribution in [1.82, 2.24) is 10.2 Å². The largest absolute Gasteiger partial charge is 0.307 e. The first kappa shape index (κ1) is 16.5. The highest BCUT2D eigenvalue weighted by molar-refractivity contribution is 6.31. The van der Waals surface area contributed by atoms with Gasteiger partial charge in [0.2, 0.25) is 0 Å². The van der Waals surface area contributed by atoms with Crippen LogP contribution < -0.4 is 5.32 Å². The van der Waals surface area contributed by atoms with Crippen LogP contribution >= 0.6 is 11.6 Å². The van der Waals surface area contributed by atoms with Gasteiger partial charge in [-0.2, -0.15) is 0 Å². The molecule has 2 rings (SSSR count). The Labute approximate surface area is 134 Å². The number of rotatable bonds is 5. The van der Waals surface area contributed by atoms with Gasteiger partial charge in [-0.05, 0) is 58.3 Å². The Morgan fingerprint density at radius 1 is 1.33 bits per heavy atom. The molecule has 0 aliphatic carbocycles. The molecule has 0 saturated carbocycles. The van der Waals surface area contributed by atoms with Gasteiger partial charge < -0.3 is 5.32 Å². The summed E-state index contributed by atoms with van der Waals surface area (Å²) in [5.74, 6) is 0. The molecule has 3 heteroatoms. The average molecular weight is 307 g/mol. The summed E-state index contributed by atoms with van der Waals surface area (Å²) in [6.45, 7) is 9.98. The van der Waals surface area contributed by atoms with E-state index in [0.29, 0.717) is 12.1 Å². The molecular formula is C18H27ClN2. The Kier molecular flexibility index (Phi) is 6.28. The fraction of sp³-hybridized carbons (Fsp3) is 0.556. The minimum atomic E-state index is 0.313. The first-order valence-electron chi connectivity index (χ1n) is 7.92. The predicted octanol–water partition coefficient (Wildman–Crippen LogP) is 4.42. The molecule has 0 bridgehead atoms. The van der Waals surface area contributed by atoms with E-state index in [4.69, 9.17) is 11.6 Å². The van der Waals surface area contributed by atoms with Crippen LogP contribution in [0.15, 0.2) is 35.9 Å². The molecule has 1 fully saturated rings. The van der Waals surface area contributed by atoms with Gasteiger partial charge >= 0.3 is 0 Å². The predicted molar refractivity (Wildman–Crippen MR) is 91.9 cm³/mol. The zero-order valence-electron chi connectivity index (χ0n) is 13.4. The number of likely N-dealkylation sites (tertiary alicyclic amines) is 1. The number of halogens is 1. The van der Waals surface area contributed by atoms with Crippen LogP contribution in [0, 0.1) is 0 Å². The highest BCUT2D eigenvalue weighted by atomic mass is 35.5. The van der Waals surface area contributed by atoms with Crippen LogP contribution in [0.2, 0.25) is 5.02 Å². The van der Waals surface area contributed by atoms with Gasteiger partial charge in [-0.15, -0.1) is 0 Å². The molecule has 1 N–H and O–H groups in total. The van der Waals surface area contributed by atoms with E-state index in [9.17, 15) is 0 Å². The minimum Gasteiger partial charge on any atom is -0.307 e. The number of piperidine rings is 1. The monoisotopic (exact) mass is 306 g/mol. The summed E-state index contributed by atoms with van der Waals surface area (Å²) in [5.41, 5.74) is 2.61. The van der Waals surface area contributed by atoms with Crippen LogP contribution in [0.3, 0.4) is 0 Å². The Morgan fingerprint density at radius 3 is 2.62 bits per heavy atom. The van der Waals surface area contributed by atoms with Crippen molar-refractivity contribution in [2.45, 2.75) is 45.7 Å². The van der Waals surface area contributed by atoms with Gasteiger partial charge in [-0.3, -0.25) is 4.90 Å². The molecule has 1 aromatic carbocycles. The van der Waals surface area contributed by atoms with E-state index in [0.717, 1.165) is 11.6 Å². The highest BCUT2D eigenvalue weighted by Crippen LogP contribution is 2.24. The van der Waals surface area contributed by atoms with Gasteiger partial charge in [0.25, 0.3) is 0 Å². The summed E-state index contributed by atoms with van der Waals surface area (Å²) in [6, 6.07) is 9.04. The molecule has 116 valence electrons. The topological polar surface area (TPSA) is 15.3 Å². The second-order valence-electron chi connectivity index (χ2n) is 6.27. The molecule has 21 heavy (non-hydrogen) atoms. The van der Waals surface area contributed by atoms with Crippen LogP contribution in [0.5, 0.6) is 0 Å². The first-order valence-corrected chi connectivity index (χ1v) is 8.30. The van der Waals surface area contributed by atoms with Crippen molar-refractivity contribution in [1.29, 1.82) is 0 Å². The van der Waals surface area contributed by atoms with Crippen molar-refractivity contribution >= 4 is 11.6 Å². The van der Waals surface area contributed by atoms with Crippen LogP contribution in [0.25, 0.3) is 0 Å². The van der Waals surface area contributed by atoms with Gasteiger partial charge in [0.1, 0.15) is 0 Å². The van der Waals surface area contributed by atoms with E-state index < -0.39 is 0 Å². The number of hydrogen-bond acceptors (Lipinski definition) is 2. The van der Waals surface area contributed by atoms with Crippen LogP contribution in [-0.4, -0.2) is 30.6 Å². The Hall–Kier alpha value is -0.830. The normalized spacial score (nSPS) is 18.5. The Morgan fingerprint density at radius 2 is 2.00 bits per heavy atom. The molecule has 1 saturated heterocycles. The molecule has 1 heterocycles. The zero-order chi connectivity index (χ0) is 15.2. The molecule has 1 aliphatic heterocycles. The summed E-state index contributed by atoms with van der Waals surface area (Å²) < 4.78 is 0. The number of hydrogen-bond donors (Lipinski definition) is 1. The minimum absolute atomic E-state index is 0.313. The van der Waals surface area contributed by atoms with E-state index in [1.165, 1.54) is 37.1 Å². The van der Waals surface area contributed by atoms with Crippen LogP contribution in [-0.2, 0) is 0 Å². The lowest BCUT2D eigenvalue weighted by atomic mass is 10.0. The molecular weight excluding hydrogens is 280 g/mol. The molecule has 1 unspecified atom stereocenters. The van der Waals surface area contributed by atoms with Crippen molar-refractivity contribution in [2.24, 2.45) is 0 Å². The Bertz CT molecular complexity index is 472. The summed E-state index contributed by atoms with van der Waals surface area (Å²) in [4.78, 5) is 2.53. The molecule has 0 radical (unpaired) electrons. The second kappa shape index (κ2) is 7.98. The summed E-state index contributed by atoms with van der Waals surface area (Å²) >= 11 is 6.28. The fourth-order valence-corrected chi connectivity index (χ4v) is 3.16. The number of nitrogens with zero attached hydrogens (tertiary/aromatic N) is 1. The van der Waals surface area contributed by atoms with Gasteiger partial charge in [0.15, 0.2) is 0 Å². The van der Waals surface area contributed by atoms with Crippen LogP contribution in [0.1, 0.15) is 45.2 Å². The third-order valence-corrected chi connectivity index (χ3v) is 4.55. The maximum Gasteiger partial charge on any atom is 0.0453 e. The summed E-state index contributed by atoms with van der Waals surface area (Å²) in [6.07, 6.45) is 4.75. The van der Waals surface area contributed by atoms with E-state index >= 15 is 0 Å². The lowest BCUT2D eigenvalue weighted by Gasteiger charge is -2.33. The Balaban J connectivity index is 1.81. The third kappa shape index (κ3) is 5.14. The summed E-state index contributed by atoms with van der Waals surface area (Å²) in [7, 11) is 0. The lowest BCUT2D eigenvalue weighted by molar-refractivity contribution is 0.208. The molecule has 1 atom stereocenters. The van der Waals surface area contributed by atoms with Gasteiger partial charge in [0.05, 0.1) is 0 Å². The van der Waals surface area contributed by atoms with Crippen LogP contribution in [0.4, 0.5) is 0 Å². The molecule has 0 aromatic heterocycles. The van der Waals surface area contributed by atoms with Gasteiger partial charge in [0, 0.05) is 23.7 Å². The maximum absolute atomic E-state index is 6.28. The second-order valence-corrected chi connectivity index (χ2v) is 6.67. The maximum atomic E-state index is 6.28. The van der Waals surface area contributed by atoms with Crippen molar-refractivity contribution in [3.8, 4) is 0 Å². The van der Waals surface area contributed by atoms with Crippen molar-refractivity contribution < 1.29 is 0 Å². The van der Waals surface area contributed by atoms with Crippen molar-refractivity contribution in [3.05, 3.63) is 46.5 Å². The molecule has 2 nitrogen and oxygen atoms in total. The SMILES string of the molecule is CC(C)=CCN1CCC(NC(C)c2ccccc2Cl)CC1. The lowest BCUT2D eigenvalue weighted by Crippen LogP contribution is -2.43. The highest BCUT2D eigenvalue weighted by Gasteiger charge is 2.20. The number of nitrogens with one attached hydrogen (secondary N) is 1. The summed E-state index contributed by atoms with van der Waals surface area (Å²) in [5, 5.41) is 4.59. The van der Waals surface area contributed by atoms with Crippen molar-refractivity contribution in [2.75, 3.05) is 19.6 Å². The molecule has 1 aliphatic rings. The average Bonchev–Trinajstić information content (AvgIpc) is 2.47. The van der Waals surface area contributed by atoms with E-state index in [1.807, 2.05) is 12.1 Å². The quantitative estimate of drug-likeness (QED) is 0.810. The number of allylic oxidation sites excluding steroid dienone is 1. The van der Waals surface area contributed by atoms with Gasteiger partial charge in [-0.25, -0.2) is 0 Å². The third-order valence-electron chi connectivity index (χ3n) is 4.20. The molecule has 0 amide bonds. The first-order chi connectivity index (χ1) is 10.1. The van der Waals surface area contributed by atoms with E-state index in [1.54, 1.807) is 0 Å². The smallest absolute Gasteiger partial charge is 0.0453 e. The molecule has 0 spiro atoms. The molecule has 1 aromatic rings. The van der Waals surface area contributed by atoms with Crippen molar-refractivity contribution in [3.63, 3.8) is 0 Å². The fourth-order valence-electron chi connectivity index (χ4n) is 2.86. The standard InChI is InChI=1S/C18H27ClN2/c1-14(2)8-11-21-12-9-16(10-13-21)20-15(3)17-6-4-5-7-18(17)19/h4-8,15-16,20H,9-13H2,1-3H3. The number of benzene rings is 1. The van der Waals surface area contributed by atoms with E-state index in [-0.39, 0.29) is 0 Å². The zero-order valence-corrected chi connectivity index (χ0v) is 14.2. The van der Waals surface area contributed by atoms with E-state index in [2.05, 4.69) is 49.2 Å². The van der Waals surface area contributed by atoms with Gasteiger partial charge in [-0.1, -0.05) is 41.4 Å².